The number of rotatable bonds is 6. The number of aliphatic hydroxyl groups excluding tert-OH is 1. The summed E-state index contributed by atoms with van der Waals surface area (Å²) in [6.45, 7) is 1.48. The number of fused-ring (bicyclic) bond motifs is 2. The van der Waals surface area contributed by atoms with Gasteiger partial charge >= 0.3 is 5.97 Å². The van der Waals surface area contributed by atoms with Crippen LogP contribution in [0.25, 0.3) is 5.65 Å². The van der Waals surface area contributed by atoms with E-state index in [4.69, 9.17) is 14.2 Å². The second-order valence-corrected chi connectivity index (χ2v) is 6.92. The van der Waals surface area contributed by atoms with Crippen LogP contribution in [0, 0.1) is 12.7 Å². The van der Waals surface area contributed by atoms with E-state index in [-0.39, 0.29) is 19.0 Å². The Morgan fingerprint density at radius 3 is 2.97 bits per heavy atom. The molecule has 0 saturated heterocycles. The number of aliphatic hydroxyl groups is 1. The normalized spacial score (nSPS) is 18.1. The topological polar surface area (TPSA) is 82.3 Å². The highest BCUT2D eigenvalue weighted by Gasteiger charge is 2.38. The van der Waals surface area contributed by atoms with Crippen LogP contribution in [0.5, 0.6) is 5.75 Å². The molecule has 1 aliphatic carbocycles. The van der Waals surface area contributed by atoms with Crippen molar-refractivity contribution in [2.45, 2.75) is 32.2 Å². The number of benzene rings is 1. The quantitative estimate of drug-likeness (QED) is 0.641. The summed E-state index contributed by atoms with van der Waals surface area (Å²) in [5.74, 6) is -0.396. The standard InChI is InChI=1S/C21H21FN2O5/c1-12-16(10-25)24-7-3-4-17(21(24)23-12)29-20-15-6-5-14(22)8-13(15)9-18(20)28-19(26)11-27-2/h3-8,18,20,25H,9-11H2,1-2H3. The minimum absolute atomic E-state index is 0.154. The van der Waals surface area contributed by atoms with E-state index in [0.29, 0.717) is 29.2 Å². The van der Waals surface area contributed by atoms with Gasteiger partial charge in [-0.05, 0) is 42.3 Å². The summed E-state index contributed by atoms with van der Waals surface area (Å²) in [7, 11) is 1.41. The number of nitrogens with zero attached hydrogens (tertiary/aromatic N) is 2. The third-order valence-electron chi connectivity index (χ3n) is 5.03. The van der Waals surface area contributed by atoms with Crippen molar-refractivity contribution >= 4 is 11.6 Å². The lowest BCUT2D eigenvalue weighted by molar-refractivity contribution is -0.157. The van der Waals surface area contributed by atoms with Crippen molar-refractivity contribution in [3.63, 3.8) is 0 Å². The van der Waals surface area contributed by atoms with E-state index in [1.165, 1.54) is 19.2 Å². The van der Waals surface area contributed by atoms with Crippen molar-refractivity contribution < 1.29 is 28.5 Å². The predicted molar refractivity (Wildman–Crippen MR) is 101 cm³/mol. The summed E-state index contributed by atoms with van der Waals surface area (Å²) in [4.78, 5) is 16.5. The molecular weight excluding hydrogens is 379 g/mol. The van der Waals surface area contributed by atoms with Crippen molar-refractivity contribution in [1.82, 2.24) is 9.38 Å². The van der Waals surface area contributed by atoms with E-state index in [1.54, 1.807) is 28.8 Å². The van der Waals surface area contributed by atoms with Crippen LogP contribution in [-0.4, -0.2) is 40.3 Å². The van der Waals surface area contributed by atoms with Gasteiger partial charge in [0.05, 0.1) is 18.0 Å². The summed E-state index contributed by atoms with van der Waals surface area (Å²) in [5.41, 5.74) is 3.40. The van der Waals surface area contributed by atoms with Crippen LogP contribution in [0.4, 0.5) is 4.39 Å². The maximum absolute atomic E-state index is 13.7. The van der Waals surface area contributed by atoms with Gasteiger partial charge in [-0.1, -0.05) is 6.07 Å². The van der Waals surface area contributed by atoms with Gasteiger partial charge in [-0.2, -0.15) is 0 Å². The molecule has 8 heteroatoms. The number of methoxy groups -OCH3 is 1. The van der Waals surface area contributed by atoms with Crippen LogP contribution in [0.15, 0.2) is 36.5 Å². The molecule has 2 heterocycles. The number of aryl methyl sites for hydroxylation is 1. The minimum Gasteiger partial charge on any atom is -0.478 e. The molecule has 0 amide bonds. The average molecular weight is 400 g/mol. The van der Waals surface area contributed by atoms with Crippen molar-refractivity contribution in [2.75, 3.05) is 13.7 Å². The number of esters is 1. The molecule has 1 aromatic carbocycles. The second kappa shape index (κ2) is 7.81. The molecule has 152 valence electrons. The smallest absolute Gasteiger partial charge is 0.332 e. The lowest BCUT2D eigenvalue weighted by Gasteiger charge is -2.22. The molecule has 2 atom stereocenters. The maximum atomic E-state index is 13.7. The Bertz CT molecular complexity index is 1060. The van der Waals surface area contributed by atoms with Gasteiger partial charge in [-0.3, -0.25) is 4.40 Å². The number of halogens is 1. The van der Waals surface area contributed by atoms with E-state index in [9.17, 15) is 14.3 Å². The summed E-state index contributed by atoms with van der Waals surface area (Å²) in [6, 6.07) is 7.99. The van der Waals surface area contributed by atoms with Crippen molar-refractivity contribution in [1.29, 1.82) is 0 Å². The Hall–Kier alpha value is -2.97. The molecular formula is C21H21FN2O5. The Kier molecular flexibility index (Phi) is 5.21. The monoisotopic (exact) mass is 400 g/mol. The van der Waals surface area contributed by atoms with Crippen LogP contribution < -0.4 is 4.74 Å². The number of carbonyl (C=O) groups excluding carboxylic acids is 1. The summed E-state index contributed by atoms with van der Waals surface area (Å²) >= 11 is 0. The second-order valence-electron chi connectivity index (χ2n) is 6.92. The van der Waals surface area contributed by atoms with Crippen molar-refractivity contribution in [3.05, 3.63) is 64.9 Å². The molecule has 4 rings (SSSR count). The molecule has 0 saturated carbocycles. The summed E-state index contributed by atoms with van der Waals surface area (Å²) in [6.07, 6.45) is 0.892. The van der Waals surface area contributed by atoms with Gasteiger partial charge in [0.15, 0.2) is 17.5 Å². The molecule has 0 aliphatic heterocycles. The first-order valence-electron chi connectivity index (χ1n) is 9.22. The summed E-state index contributed by atoms with van der Waals surface area (Å²) < 4.78 is 32.1. The molecule has 1 aliphatic rings. The highest BCUT2D eigenvalue weighted by molar-refractivity contribution is 5.71. The summed E-state index contributed by atoms with van der Waals surface area (Å²) in [5, 5.41) is 9.62. The molecule has 2 unspecified atom stereocenters. The number of hydrogen-bond donors (Lipinski definition) is 1. The van der Waals surface area contributed by atoms with E-state index >= 15 is 0 Å². The number of aromatic nitrogens is 2. The molecule has 0 radical (unpaired) electrons. The van der Waals surface area contributed by atoms with Gasteiger partial charge in [-0.15, -0.1) is 0 Å². The third-order valence-corrected chi connectivity index (χ3v) is 5.03. The van der Waals surface area contributed by atoms with Gasteiger partial charge in [0, 0.05) is 19.7 Å². The number of pyridine rings is 1. The van der Waals surface area contributed by atoms with Crippen LogP contribution >= 0.6 is 0 Å². The number of ether oxygens (including phenoxy) is 3. The van der Waals surface area contributed by atoms with E-state index in [2.05, 4.69) is 4.98 Å². The Morgan fingerprint density at radius 1 is 1.38 bits per heavy atom. The SMILES string of the molecule is COCC(=O)OC1Cc2cc(F)ccc2C1Oc1cccn2c(CO)c(C)nc12. The number of carbonyl (C=O) groups is 1. The molecule has 3 aromatic rings. The first-order chi connectivity index (χ1) is 14.0. The third kappa shape index (κ3) is 3.56. The van der Waals surface area contributed by atoms with Crippen LogP contribution in [-0.2, 0) is 27.3 Å². The fourth-order valence-corrected chi connectivity index (χ4v) is 3.74. The fourth-order valence-electron chi connectivity index (χ4n) is 3.74. The Labute approximate surface area is 166 Å². The average Bonchev–Trinajstić information content (AvgIpc) is 3.18. The Morgan fingerprint density at radius 2 is 2.21 bits per heavy atom. The van der Waals surface area contributed by atoms with Gasteiger partial charge in [0.25, 0.3) is 0 Å². The lowest BCUT2D eigenvalue weighted by atomic mass is 10.1. The number of imidazole rings is 1. The number of hydrogen-bond acceptors (Lipinski definition) is 6. The molecule has 2 aromatic heterocycles. The lowest BCUT2D eigenvalue weighted by Crippen LogP contribution is -2.28. The Balaban J connectivity index is 1.71. The first kappa shape index (κ1) is 19.4. The molecule has 29 heavy (non-hydrogen) atoms. The highest BCUT2D eigenvalue weighted by Crippen LogP contribution is 2.38. The molecule has 0 bridgehead atoms. The van der Waals surface area contributed by atoms with Crippen LogP contribution in [0.3, 0.4) is 0 Å². The maximum Gasteiger partial charge on any atom is 0.332 e. The molecule has 0 spiro atoms. The van der Waals surface area contributed by atoms with Gasteiger partial charge < -0.3 is 19.3 Å². The van der Waals surface area contributed by atoms with Crippen molar-refractivity contribution in [2.24, 2.45) is 0 Å². The largest absolute Gasteiger partial charge is 0.478 e. The predicted octanol–water partition coefficient (Wildman–Crippen LogP) is 2.51. The van der Waals surface area contributed by atoms with E-state index in [1.807, 2.05) is 6.92 Å². The van der Waals surface area contributed by atoms with Gasteiger partial charge in [0.1, 0.15) is 18.5 Å². The van der Waals surface area contributed by atoms with Gasteiger partial charge in [0.2, 0.25) is 0 Å². The minimum atomic E-state index is -0.622. The zero-order valence-electron chi connectivity index (χ0n) is 16.1. The van der Waals surface area contributed by atoms with E-state index in [0.717, 1.165) is 11.1 Å². The van der Waals surface area contributed by atoms with E-state index < -0.39 is 18.2 Å². The zero-order valence-corrected chi connectivity index (χ0v) is 16.1. The molecule has 7 nitrogen and oxygen atoms in total. The molecule has 1 N–H and O–H groups in total. The van der Waals surface area contributed by atoms with Crippen molar-refractivity contribution in [3.8, 4) is 5.75 Å². The molecule has 0 fully saturated rings. The fraction of sp³-hybridized carbons (Fsp3) is 0.333. The van der Waals surface area contributed by atoms with Gasteiger partial charge in [-0.25, -0.2) is 14.2 Å². The first-order valence-corrected chi connectivity index (χ1v) is 9.22. The van der Waals surface area contributed by atoms with Crippen LogP contribution in [0.2, 0.25) is 0 Å². The van der Waals surface area contributed by atoms with Crippen LogP contribution in [0.1, 0.15) is 28.6 Å². The highest BCUT2D eigenvalue weighted by atomic mass is 19.1. The zero-order chi connectivity index (χ0) is 20.5.